The van der Waals surface area contributed by atoms with Crippen molar-refractivity contribution in [2.75, 3.05) is 32.6 Å². The van der Waals surface area contributed by atoms with E-state index in [1.807, 2.05) is 0 Å². The molecular formula is C28H29F3N4O7. The molecule has 0 aliphatic carbocycles. The van der Waals surface area contributed by atoms with Crippen LogP contribution in [0, 0.1) is 0 Å². The summed E-state index contributed by atoms with van der Waals surface area (Å²) < 4.78 is 57.4. The average molecular weight is 591 g/mol. The molecule has 3 rings (SSSR count). The van der Waals surface area contributed by atoms with Crippen molar-refractivity contribution in [1.82, 2.24) is 16.0 Å². The summed E-state index contributed by atoms with van der Waals surface area (Å²) in [5.74, 6) is -0.204. The first-order valence-corrected chi connectivity index (χ1v) is 12.5. The first kappa shape index (κ1) is 31.4. The Morgan fingerprint density at radius 2 is 1.64 bits per heavy atom. The lowest BCUT2D eigenvalue weighted by molar-refractivity contribution is -0.274. The van der Waals surface area contributed by atoms with Crippen LogP contribution in [-0.4, -0.2) is 51.7 Å². The molecule has 0 heterocycles. The van der Waals surface area contributed by atoms with Gasteiger partial charge in [-0.2, -0.15) is 0 Å². The predicted molar refractivity (Wildman–Crippen MR) is 145 cm³/mol. The van der Waals surface area contributed by atoms with E-state index in [-0.39, 0.29) is 43.6 Å². The molecular weight excluding hydrogens is 561 g/mol. The Hall–Kier alpha value is -5.14. The van der Waals surface area contributed by atoms with Crippen LogP contribution in [0.2, 0.25) is 0 Å². The maximum Gasteiger partial charge on any atom is 0.573 e. The summed E-state index contributed by atoms with van der Waals surface area (Å²) >= 11 is 0. The highest BCUT2D eigenvalue weighted by molar-refractivity contribution is 5.94. The Morgan fingerprint density at radius 1 is 0.905 bits per heavy atom. The fraction of sp³-hybridized carbons (Fsp3) is 0.250. The summed E-state index contributed by atoms with van der Waals surface area (Å²) in [5.41, 5.74) is 1.82. The molecule has 11 nitrogen and oxygen atoms in total. The first-order chi connectivity index (χ1) is 20.1. The number of alkyl halides is 3. The summed E-state index contributed by atoms with van der Waals surface area (Å²) in [6.07, 6.45) is -5.47. The number of alkyl carbamates (subject to hydrolysis) is 1. The number of amides is 4. The lowest BCUT2D eigenvalue weighted by Crippen LogP contribution is -2.29. The Kier molecular flexibility index (Phi) is 11.2. The highest BCUT2D eigenvalue weighted by Crippen LogP contribution is 2.32. The Balaban J connectivity index is 1.52. The summed E-state index contributed by atoms with van der Waals surface area (Å²) in [5, 5.41) is 10.0. The van der Waals surface area contributed by atoms with Crippen molar-refractivity contribution < 1.29 is 46.5 Å². The van der Waals surface area contributed by atoms with Gasteiger partial charge in [-0.1, -0.05) is 30.3 Å². The van der Waals surface area contributed by atoms with Gasteiger partial charge in [-0.05, 0) is 35.9 Å². The Labute approximate surface area is 239 Å². The molecule has 4 N–H and O–H groups in total. The summed E-state index contributed by atoms with van der Waals surface area (Å²) in [6.45, 7) is 0.415. The number of ether oxygens (including phenoxy) is 4. The SMILES string of the molecule is CNC(=O)OCCNC(=O)c1ccc(COc2ccccc2CNC(=O)Nc2cc(OC(F)(F)F)ccc2OC)cc1. The highest BCUT2D eigenvalue weighted by atomic mass is 19.4. The van der Waals surface area contributed by atoms with Crippen LogP contribution in [0.15, 0.2) is 66.7 Å². The molecule has 0 atom stereocenters. The minimum Gasteiger partial charge on any atom is -0.495 e. The van der Waals surface area contributed by atoms with Crippen LogP contribution in [0.4, 0.5) is 28.4 Å². The largest absolute Gasteiger partial charge is 0.573 e. The van der Waals surface area contributed by atoms with Crippen molar-refractivity contribution in [3.8, 4) is 17.2 Å². The van der Waals surface area contributed by atoms with Gasteiger partial charge in [0.15, 0.2) is 0 Å². The van der Waals surface area contributed by atoms with Crippen molar-refractivity contribution in [1.29, 1.82) is 0 Å². The van der Waals surface area contributed by atoms with Gasteiger partial charge in [0.2, 0.25) is 0 Å². The number of carbonyl (C=O) groups is 3. The van der Waals surface area contributed by atoms with E-state index < -0.39 is 24.2 Å². The van der Waals surface area contributed by atoms with E-state index in [9.17, 15) is 27.6 Å². The van der Waals surface area contributed by atoms with Gasteiger partial charge in [0.1, 0.15) is 30.5 Å². The molecule has 0 aliphatic heterocycles. The number of nitrogens with one attached hydrogen (secondary N) is 4. The molecule has 14 heteroatoms. The summed E-state index contributed by atoms with van der Waals surface area (Å²) in [7, 11) is 2.75. The molecule has 4 amide bonds. The lowest BCUT2D eigenvalue weighted by Gasteiger charge is -2.15. The van der Waals surface area contributed by atoms with Gasteiger partial charge in [-0.15, -0.1) is 13.2 Å². The average Bonchev–Trinajstić information content (AvgIpc) is 2.97. The molecule has 0 spiro atoms. The van der Waals surface area contributed by atoms with Crippen molar-refractivity contribution in [3.63, 3.8) is 0 Å². The number of urea groups is 1. The molecule has 42 heavy (non-hydrogen) atoms. The van der Waals surface area contributed by atoms with Crippen molar-refractivity contribution >= 4 is 23.7 Å². The van der Waals surface area contributed by atoms with E-state index >= 15 is 0 Å². The third-order valence-corrected chi connectivity index (χ3v) is 5.50. The van der Waals surface area contributed by atoms with E-state index in [0.717, 1.165) is 17.7 Å². The molecule has 0 saturated carbocycles. The number of benzene rings is 3. The summed E-state index contributed by atoms with van der Waals surface area (Å²) in [6, 6.07) is 16.3. The Morgan fingerprint density at radius 3 is 2.33 bits per heavy atom. The number of anilines is 1. The van der Waals surface area contributed by atoms with Gasteiger partial charge in [0.25, 0.3) is 5.91 Å². The molecule has 0 bridgehead atoms. The second-order valence-corrected chi connectivity index (χ2v) is 8.45. The third kappa shape index (κ3) is 10.1. The van der Waals surface area contributed by atoms with Crippen LogP contribution < -0.4 is 35.5 Å². The fourth-order valence-electron chi connectivity index (χ4n) is 3.51. The standard InChI is InChI=1S/C28H29F3N4O7/c1-32-27(38)40-14-13-33-25(36)19-9-7-18(8-10-19)17-41-23-6-4-3-5-20(23)16-34-26(37)35-22-15-21(42-28(29,30)31)11-12-24(22)39-2/h3-12,15H,13-14,16-17H2,1-2H3,(H,32,38)(H,33,36)(H2,34,35,37). The molecule has 0 fully saturated rings. The molecule has 0 unspecified atom stereocenters. The number of carbonyl (C=O) groups excluding carboxylic acids is 3. The van der Waals surface area contributed by atoms with E-state index in [0.29, 0.717) is 16.9 Å². The lowest BCUT2D eigenvalue weighted by atomic mass is 10.1. The van der Waals surface area contributed by atoms with Crippen molar-refractivity contribution in [3.05, 3.63) is 83.4 Å². The van der Waals surface area contributed by atoms with Gasteiger partial charge in [0, 0.05) is 30.8 Å². The number of rotatable bonds is 12. The second-order valence-electron chi connectivity index (χ2n) is 8.45. The fourth-order valence-corrected chi connectivity index (χ4v) is 3.51. The Bertz CT molecular complexity index is 1370. The van der Waals surface area contributed by atoms with Crippen LogP contribution in [0.25, 0.3) is 0 Å². The van der Waals surface area contributed by atoms with Gasteiger partial charge >= 0.3 is 18.5 Å². The molecule has 0 aliphatic rings. The van der Waals surface area contributed by atoms with Crippen LogP contribution >= 0.6 is 0 Å². The van der Waals surface area contributed by atoms with Gasteiger partial charge in [-0.3, -0.25) is 4.79 Å². The van der Waals surface area contributed by atoms with Crippen LogP contribution in [0.5, 0.6) is 17.2 Å². The van der Waals surface area contributed by atoms with Crippen LogP contribution in [0.3, 0.4) is 0 Å². The topological polar surface area (TPSA) is 136 Å². The van der Waals surface area contributed by atoms with Gasteiger partial charge in [-0.25, -0.2) is 9.59 Å². The molecule has 3 aromatic carbocycles. The minimum absolute atomic E-state index is 0.0179. The number of methoxy groups -OCH3 is 1. The minimum atomic E-state index is -4.89. The first-order valence-electron chi connectivity index (χ1n) is 12.5. The van der Waals surface area contributed by atoms with Crippen LogP contribution in [0.1, 0.15) is 21.5 Å². The molecule has 3 aromatic rings. The van der Waals surface area contributed by atoms with E-state index in [2.05, 4.69) is 26.0 Å². The quantitative estimate of drug-likeness (QED) is 0.227. The third-order valence-electron chi connectivity index (χ3n) is 5.50. The normalized spacial score (nSPS) is 10.7. The maximum absolute atomic E-state index is 12.6. The molecule has 0 radical (unpaired) electrons. The zero-order valence-corrected chi connectivity index (χ0v) is 22.7. The van der Waals surface area contributed by atoms with E-state index in [1.54, 1.807) is 48.5 Å². The molecule has 224 valence electrons. The van der Waals surface area contributed by atoms with E-state index in [1.165, 1.54) is 20.2 Å². The van der Waals surface area contributed by atoms with Crippen molar-refractivity contribution in [2.24, 2.45) is 0 Å². The number of hydrogen-bond donors (Lipinski definition) is 4. The van der Waals surface area contributed by atoms with Gasteiger partial charge in [0.05, 0.1) is 19.3 Å². The number of halogens is 3. The summed E-state index contributed by atoms with van der Waals surface area (Å²) in [4.78, 5) is 35.8. The zero-order valence-electron chi connectivity index (χ0n) is 22.7. The maximum atomic E-state index is 12.6. The highest BCUT2D eigenvalue weighted by Gasteiger charge is 2.31. The van der Waals surface area contributed by atoms with Gasteiger partial charge < -0.3 is 40.2 Å². The number of hydrogen-bond acceptors (Lipinski definition) is 7. The second kappa shape index (κ2) is 15.0. The zero-order chi connectivity index (χ0) is 30.5. The number of para-hydroxylation sites is 1. The monoisotopic (exact) mass is 590 g/mol. The van der Waals surface area contributed by atoms with Crippen LogP contribution in [-0.2, 0) is 17.9 Å². The smallest absolute Gasteiger partial charge is 0.495 e. The molecule has 0 aromatic heterocycles. The molecule has 0 saturated heterocycles. The van der Waals surface area contributed by atoms with Crippen molar-refractivity contribution in [2.45, 2.75) is 19.5 Å². The van der Waals surface area contributed by atoms with E-state index in [4.69, 9.17) is 14.2 Å². The predicted octanol–water partition coefficient (Wildman–Crippen LogP) is 4.58.